The normalized spacial score (nSPS) is 24.4. The maximum absolute atomic E-state index is 8.71. The summed E-state index contributed by atoms with van der Waals surface area (Å²) in [5.41, 5.74) is 6.60. The van der Waals surface area contributed by atoms with Gasteiger partial charge in [-0.1, -0.05) is 25.6 Å². The van der Waals surface area contributed by atoms with E-state index in [1.807, 2.05) is 0 Å². The minimum Gasteiger partial charge on any atom is -0.493 e. The molecule has 0 amide bonds. The first-order chi connectivity index (χ1) is 13.4. The summed E-state index contributed by atoms with van der Waals surface area (Å²) in [5.74, 6) is 2.98. The second-order valence-corrected chi connectivity index (χ2v) is 8.33. The molecule has 0 spiro atoms. The highest BCUT2D eigenvalue weighted by Crippen LogP contribution is 2.44. The lowest BCUT2D eigenvalue weighted by Crippen LogP contribution is -2.40. The highest BCUT2D eigenvalue weighted by atomic mass is 32.2. The zero-order valence-corrected chi connectivity index (χ0v) is 17.7. The Balaban J connectivity index is 1.87. The van der Waals surface area contributed by atoms with Crippen LogP contribution in [0.3, 0.4) is 0 Å². The Kier molecular flexibility index (Phi) is 6.24. The maximum Gasteiger partial charge on any atom is 0.205 e. The lowest BCUT2D eigenvalue weighted by Gasteiger charge is -2.24. The molecule has 1 fully saturated rings. The second kappa shape index (κ2) is 8.48. The SMILES string of the molecule is COc1cc(N2C(=N)C(C3=NC(CC(C)C)CO3)SC2N)cc(OC)c1OC. The van der Waals surface area contributed by atoms with Crippen LogP contribution in [0.15, 0.2) is 17.1 Å². The zero-order valence-electron chi connectivity index (χ0n) is 16.9. The van der Waals surface area contributed by atoms with E-state index >= 15 is 0 Å². The molecule has 0 radical (unpaired) electrons. The molecule has 0 bridgehead atoms. The van der Waals surface area contributed by atoms with Crippen LogP contribution in [0, 0.1) is 11.3 Å². The van der Waals surface area contributed by atoms with Crippen LogP contribution in [-0.4, -0.2) is 56.5 Å². The lowest BCUT2D eigenvalue weighted by molar-refractivity contribution is 0.298. The number of nitrogens with zero attached hydrogens (tertiary/aromatic N) is 2. The van der Waals surface area contributed by atoms with E-state index in [0.29, 0.717) is 47.2 Å². The summed E-state index contributed by atoms with van der Waals surface area (Å²) in [6, 6.07) is 3.73. The molecule has 1 aromatic carbocycles. The van der Waals surface area contributed by atoms with Gasteiger partial charge in [-0.3, -0.25) is 5.41 Å². The van der Waals surface area contributed by atoms with Gasteiger partial charge in [-0.05, 0) is 12.3 Å². The molecule has 8 nitrogen and oxygen atoms in total. The summed E-state index contributed by atoms with van der Waals surface area (Å²) < 4.78 is 22.1. The van der Waals surface area contributed by atoms with E-state index in [9.17, 15) is 0 Å². The van der Waals surface area contributed by atoms with E-state index in [4.69, 9.17) is 35.1 Å². The van der Waals surface area contributed by atoms with Crippen LogP contribution in [0.2, 0.25) is 0 Å². The molecule has 1 aromatic rings. The Bertz CT molecular complexity index is 745. The van der Waals surface area contributed by atoms with Crippen molar-refractivity contribution in [1.29, 1.82) is 5.41 Å². The largest absolute Gasteiger partial charge is 0.493 e. The fourth-order valence-electron chi connectivity index (χ4n) is 3.44. The highest BCUT2D eigenvalue weighted by Gasteiger charge is 2.42. The molecule has 3 atom stereocenters. The summed E-state index contributed by atoms with van der Waals surface area (Å²) in [5, 5.41) is 8.38. The number of anilines is 1. The molecule has 9 heteroatoms. The van der Waals surface area contributed by atoms with E-state index < -0.39 is 5.50 Å². The average Bonchev–Trinajstić information content (AvgIpc) is 3.23. The fourth-order valence-corrected chi connectivity index (χ4v) is 4.56. The molecule has 28 heavy (non-hydrogen) atoms. The third-order valence-corrected chi connectivity index (χ3v) is 5.85. The molecule has 0 aliphatic carbocycles. The third-order valence-electron chi connectivity index (χ3n) is 4.67. The van der Waals surface area contributed by atoms with E-state index in [-0.39, 0.29) is 11.3 Å². The minimum atomic E-state index is -0.448. The average molecular weight is 409 g/mol. The van der Waals surface area contributed by atoms with Crippen LogP contribution in [0.5, 0.6) is 17.2 Å². The van der Waals surface area contributed by atoms with Gasteiger partial charge in [0.2, 0.25) is 11.6 Å². The van der Waals surface area contributed by atoms with Gasteiger partial charge in [0.25, 0.3) is 0 Å². The lowest BCUT2D eigenvalue weighted by atomic mass is 10.1. The molecule has 2 heterocycles. The van der Waals surface area contributed by atoms with Crippen molar-refractivity contribution in [2.75, 3.05) is 32.8 Å². The number of nitrogens with two attached hydrogens (primary N) is 1. The van der Waals surface area contributed by atoms with Gasteiger partial charge in [0.1, 0.15) is 23.2 Å². The highest BCUT2D eigenvalue weighted by molar-refractivity contribution is 8.02. The van der Waals surface area contributed by atoms with Crippen molar-refractivity contribution < 1.29 is 18.9 Å². The molecular formula is C19H28N4O4S. The number of thioether (sulfide) groups is 1. The number of aliphatic imine (C=N–C) groups is 1. The summed E-state index contributed by atoms with van der Waals surface area (Å²) in [7, 11) is 4.67. The first-order valence-corrected chi connectivity index (χ1v) is 10.1. The Hall–Kier alpha value is -2.13. The number of hydrogen-bond acceptors (Lipinski definition) is 8. The summed E-state index contributed by atoms with van der Waals surface area (Å²) in [6.07, 6.45) is 0.969. The zero-order chi connectivity index (χ0) is 20.4. The Labute approximate surface area is 169 Å². The van der Waals surface area contributed by atoms with Gasteiger partial charge in [0.05, 0.1) is 33.1 Å². The standard InChI is InChI=1S/C19H28N4O4S/c1-10(2)6-11-9-27-18(22-11)16-17(20)23(19(21)28-16)12-7-13(24-3)15(26-5)14(8-12)25-4/h7-8,10-11,16,19-20H,6,9,21H2,1-5H3. The molecule has 0 aromatic heterocycles. The molecule has 3 N–H and O–H groups in total. The van der Waals surface area contributed by atoms with Gasteiger partial charge in [-0.25, -0.2) is 4.99 Å². The molecule has 1 saturated heterocycles. The van der Waals surface area contributed by atoms with Crippen LogP contribution in [0.1, 0.15) is 20.3 Å². The number of methoxy groups -OCH3 is 3. The van der Waals surface area contributed by atoms with Crippen LogP contribution >= 0.6 is 11.8 Å². The van der Waals surface area contributed by atoms with E-state index in [1.54, 1.807) is 38.4 Å². The number of amidine groups is 1. The summed E-state index contributed by atoms with van der Waals surface area (Å²) in [6.45, 7) is 4.90. The van der Waals surface area contributed by atoms with Gasteiger partial charge < -0.3 is 29.6 Å². The summed E-state index contributed by atoms with van der Waals surface area (Å²) in [4.78, 5) is 6.44. The van der Waals surface area contributed by atoms with E-state index in [0.717, 1.165) is 6.42 Å². The molecule has 2 aliphatic rings. The maximum atomic E-state index is 8.71. The molecule has 2 aliphatic heterocycles. The van der Waals surface area contributed by atoms with Gasteiger partial charge in [-0.2, -0.15) is 0 Å². The van der Waals surface area contributed by atoms with Crippen molar-refractivity contribution in [2.24, 2.45) is 16.6 Å². The number of nitrogens with one attached hydrogen (secondary N) is 1. The topological polar surface area (TPSA) is 102 Å². The van der Waals surface area contributed by atoms with Crippen LogP contribution in [0.4, 0.5) is 5.69 Å². The van der Waals surface area contributed by atoms with Crippen molar-refractivity contribution in [3.8, 4) is 17.2 Å². The first kappa shape index (κ1) is 20.6. The number of rotatable bonds is 7. The molecule has 3 unspecified atom stereocenters. The van der Waals surface area contributed by atoms with Gasteiger partial charge in [-0.15, -0.1) is 0 Å². The Morgan fingerprint density at radius 1 is 1.25 bits per heavy atom. The number of ether oxygens (including phenoxy) is 4. The third kappa shape index (κ3) is 3.86. The predicted molar refractivity (Wildman–Crippen MR) is 112 cm³/mol. The van der Waals surface area contributed by atoms with Gasteiger partial charge in [0, 0.05) is 12.1 Å². The van der Waals surface area contributed by atoms with Crippen LogP contribution < -0.4 is 24.8 Å². The van der Waals surface area contributed by atoms with Gasteiger partial charge >= 0.3 is 0 Å². The Morgan fingerprint density at radius 3 is 2.43 bits per heavy atom. The minimum absolute atomic E-state index is 0.148. The summed E-state index contributed by atoms with van der Waals surface area (Å²) >= 11 is 1.44. The van der Waals surface area contributed by atoms with E-state index in [2.05, 4.69) is 13.8 Å². The first-order valence-electron chi connectivity index (χ1n) is 9.18. The Morgan fingerprint density at radius 2 is 1.89 bits per heavy atom. The van der Waals surface area contributed by atoms with Crippen LogP contribution in [-0.2, 0) is 4.74 Å². The van der Waals surface area contributed by atoms with Crippen molar-refractivity contribution in [3.63, 3.8) is 0 Å². The molecular weight excluding hydrogens is 380 g/mol. The van der Waals surface area contributed by atoms with Crippen molar-refractivity contribution in [2.45, 2.75) is 37.1 Å². The molecule has 3 rings (SSSR count). The van der Waals surface area contributed by atoms with Crippen molar-refractivity contribution in [3.05, 3.63) is 12.1 Å². The van der Waals surface area contributed by atoms with E-state index in [1.165, 1.54) is 11.8 Å². The molecule has 154 valence electrons. The predicted octanol–water partition coefficient (Wildman–Crippen LogP) is 2.70. The van der Waals surface area contributed by atoms with Crippen molar-refractivity contribution in [1.82, 2.24) is 0 Å². The fraction of sp³-hybridized carbons (Fsp3) is 0.579. The van der Waals surface area contributed by atoms with Crippen molar-refractivity contribution >= 4 is 29.2 Å². The molecule has 0 saturated carbocycles. The van der Waals surface area contributed by atoms with Crippen LogP contribution in [0.25, 0.3) is 0 Å². The number of hydrogen-bond donors (Lipinski definition) is 2. The quantitative estimate of drug-likeness (QED) is 0.715. The van der Waals surface area contributed by atoms with Gasteiger partial charge in [0.15, 0.2) is 11.5 Å². The second-order valence-electron chi connectivity index (χ2n) is 7.11. The smallest absolute Gasteiger partial charge is 0.205 e. The number of benzene rings is 1. The monoisotopic (exact) mass is 408 g/mol.